The van der Waals surface area contributed by atoms with Crippen molar-refractivity contribution in [2.24, 2.45) is 17.3 Å². The summed E-state index contributed by atoms with van der Waals surface area (Å²) in [5, 5.41) is 11.6. The Bertz CT molecular complexity index is 1150. The van der Waals surface area contributed by atoms with Gasteiger partial charge in [-0.15, -0.1) is 5.92 Å². The molecule has 1 saturated carbocycles. The molecule has 3 nitrogen and oxygen atoms in total. The predicted molar refractivity (Wildman–Crippen MR) is 125 cm³/mol. The fraction of sp³-hybridized carbons (Fsp3) is 0.448. The van der Waals surface area contributed by atoms with Gasteiger partial charge < -0.3 is 5.11 Å². The number of carbonyl (C=O) groups excluding carboxylic acids is 2. The van der Waals surface area contributed by atoms with Crippen LogP contribution in [0.3, 0.4) is 0 Å². The van der Waals surface area contributed by atoms with Gasteiger partial charge in [-0.2, -0.15) is 0 Å². The first-order valence-corrected chi connectivity index (χ1v) is 11.7. The summed E-state index contributed by atoms with van der Waals surface area (Å²) in [6.45, 7) is 5.57. The molecule has 1 fully saturated rings. The molecule has 0 aromatic heterocycles. The van der Waals surface area contributed by atoms with Gasteiger partial charge in [0.15, 0.2) is 11.6 Å². The third-order valence-electron chi connectivity index (χ3n) is 8.44. The van der Waals surface area contributed by atoms with Crippen LogP contribution >= 0.6 is 0 Å². The third-order valence-corrected chi connectivity index (χ3v) is 8.44. The molecule has 0 bridgehead atoms. The van der Waals surface area contributed by atoms with Crippen molar-refractivity contribution in [3.8, 4) is 11.8 Å². The lowest BCUT2D eigenvalue weighted by Crippen LogP contribution is -2.51. The highest BCUT2D eigenvalue weighted by Gasteiger charge is 2.60. The van der Waals surface area contributed by atoms with Gasteiger partial charge in [0, 0.05) is 23.3 Å². The molecule has 5 atom stereocenters. The molecule has 1 aromatic rings. The number of allylic oxidation sites excluding steroid dienone is 5. The zero-order valence-corrected chi connectivity index (χ0v) is 19.1. The van der Waals surface area contributed by atoms with Gasteiger partial charge in [0.2, 0.25) is 0 Å². The number of aliphatic hydroxyl groups is 1. The van der Waals surface area contributed by atoms with Crippen molar-refractivity contribution >= 4 is 11.6 Å². The minimum Gasteiger partial charge on any atom is -0.373 e. The molecule has 0 amide bonds. The van der Waals surface area contributed by atoms with Gasteiger partial charge in [-0.25, -0.2) is 0 Å². The second-order valence-electron chi connectivity index (χ2n) is 10.1. The quantitative estimate of drug-likeness (QED) is 0.396. The van der Waals surface area contributed by atoms with Crippen molar-refractivity contribution in [3.63, 3.8) is 0 Å². The van der Waals surface area contributed by atoms with E-state index in [0.717, 1.165) is 25.7 Å². The van der Waals surface area contributed by atoms with Crippen LogP contribution in [0, 0.1) is 29.1 Å². The van der Waals surface area contributed by atoms with E-state index in [1.807, 2.05) is 24.3 Å². The average molecular weight is 427 g/mol. The molecule has 0 heterocycles. The Balaban J connectivity index is 1.68. The molecule has 0 unspecified atom stereocenters. The van der Waals surface area contributed by atoms with E-state index in [0.29, 0.717) is 17.9 Å². The minimum absolute atomic E-state index is 0.0633. The summed E-state index contributed by atoms with van der Waals surface area (Å²) >= 11 is 0. The second-order valence-corrected chi connectivity index (χ2v) is 10.1. The topological polar surface area (TPSA) is 54.4 Å². The van der Waals surface area contributed by atoms with Crippen molar-refractivity contribution in [2.45, 2.75) is 64.4 Å². The fourth-order valence-electron chi connectivity index (χ4n) is 6.77. The van der Waals surface area contributed by atoms with Crippen molar-refractivity contribution in [1.82, 2.24) is 0 Å². The van der Waals surface area contributed by atoms with Gasteiger partial charge in [0.1, 0.15) is 5.60 Å². The Kier molecular flexibility index (Phi) is 4.91. The highest BCUT2D eigenvalue weighted by Crippen LogP contribution is 2.64. The first-order valence-electron chi connectivity index (χ1n) is 11.7. The monoisotopic (exact) mass is 426 g/mol. The molecule has 4 aliphatic rings. The lowest BCUT2D eigenvalue weighted by Gasteiger charge is -2.53. The molecule has 1 N–H and O–H groups in total. The summed E-state index contributed by atoms with van der Waals surface area (Å²) in [4.78, 5) is 24.0. The molecule has 32 heavy (non-hydrogen) atoms. The summed E-state index contributed by atoms with van der Waals surface area (Å²) in [6, 6.07) is 7.99. The Hall–Kier alpha value is -2.70. The first kappa shape index (κ1) is 21.2. The van der Waals surface area contributed by atoms with Crippen LogP contribution in [0.15, 0.2) is 59.2 Å². The molecule has 0 saturated heterocycles. The number of carbonyl (C=O) groups is 2. The summed E-state index contributed by atoms with van der Waals surface area (Å²) < 4.78 is 0. The first-order chi connectivity index (χ1) is 15.3. The number of rotatable bonds is 2. The number of benzene rings is 1. The van der Waals surface area contributed by atoms with Crippen LogP contribution in [0.4, 0.5) is 0 Å². The highest BCUT2D eigenvalue weighted by molar-refractivity contribution is 5.94. The lowest BCUT2D eigenvalue weighted by atomic mass is 9.51. The maximum Gasteiger partial charge on any atom is 0.159 e. The molecule has 3 heteroatoms. The molecule has 0 radical (unpaired) electrons. The van der Waals surface area contributed by atoms with Crippen LogP contribution in [0.25, 0.3) is 0 Å². The molecule has 164 valence electrons. The van der Waals surface area contributed by atoms with Crippen LogP contribution in [0.5, 0.6) is 0 Å². The predicted octanol–water partition coefficient (Wildman–Crippen LogP) is 5.32. The Labute approximate surface area is 190 Å². The fourth-order valence-corrected chi connectivity index (χ4v) is 6.77. The zero-order valence-electron chi connectivity index (χ0n) is 19.1. The van der Waals surface area contributed by atoms with Crippen molar-refractivity contribution in [3.05, 3.63) is 70.3 Å². The second kappa shape index (κ2) is 7.42. The van der Waals surface area contributed by atoms with Crippen molar-refractivity contribution < 1.29 is 14.7 Å². The Morgan fingerprint density at radius 1 is 1.16 bits per heavy atom. The molecule has 5 rings (SSSR count). The number of hydrogen-bond acceptors (Lipinski definition) is 3. The van der Waals surface area contributed by atoms with Crippen LogP contribution in [0.2, 0.25) is 0 Å². The minimum atomic E-state index is -1.14. The largest absolute Gasteiger partial charge is 0.373 e. The van der Waals surface area contributed by atoms with Gasteiger partial charge in [0.25, 0.3) is 0 Å². The van der Waals surface area contributed by atoms with Crippen molar-refractivity contribution in [2.75, 3.05) is 0 Å². The van der Waals surface area contributed by atoms with Gasteiger partial charge >= 0.3 is 0 Å². The molecular weight excluding hydrogens is 396 g/mol. The van der Waals surface area contributed by atoms with E-state index >= 15 is 0 Å². The molecule has 4 aliphatic carbocycles. The molecular formula is C29H30O3. The number of Topliss-reactive ketones (excluding diaryl/α,β-unsaturated/α-hetero) is 1. The smallest absolute Gasteiger partial charge is 0.159 e. The van der Waals surface area contributed by atoms with Crippen LogP contribution in [0.1, 0.15) is 74.7 Å². The van der Waals surface area contributed by atoms with Crippen LogP contribution in [-0.4, -0.2) is 22.3 Å². The van der Waals surface area contributed by atoms with Crippen LogP contribution < -0.4 is 0 Å². The summed E-state index contributed by atoms with van der Waals surface area (Å²) in [5.74, 6) is 7.06. The Morgan fingerprint density at radius 2 is 1.91 bits per heavy atom. The maximum atomic E-state index is 12.1. The summed E-state index contributed by atoms with van der Waals surface area (Å²) in [7, 11) is 0. The average Bonchev–Trinajstić information content (AvgIpc) is 3.03. The van der Waals surface area contributed by atoms with E-state index < -0.39 is 5.60 Å². The highest BCUT2D eigenvalue weighted by atomic mass is 16.3. The van der Waals surface area contributed by atoms with Gasteiger partial charge in [-0.05, 0) is 80.2 Å². The lowest BCUT2D eigenvalue weighted by molar-refractivity contribution is -0.114. The van der Waals surface area contributed by atoms with Crippen LogP contribution in [-0.2, 0) is 4.79 Å². The van der Waals surface area contributed by atoms with Crippen molar-refractivity contribution in [1.29, 1.82) is 0 Å². The van der Waals surface area contributed by atoms with E-state index in [4.69, 9.17) is 0 Å². The van der Waals surface area contributed by atoms with Gasteiger partial charge in [-0.1, -0.05) is 48.8 Å². The van der Waals surface area contributed by atoms with E-state index in [9.17, 15) is 14.7 Å². The Morgan fingerprint density at radius 3 is 2.59 bits per heavy atom. The summed E-state index contributed by atoms with van der Waals surface area (Å²) in [5.41, 5.74) is 4.40. The molecule has 1 aromatic carbocycles. The summed E-state index contributed by atoms with van der Waals surface area (Å²) in [6.07, 6.45) is 10.1. The SMILES string of the molecule is CC#C[C@]1(O)C=C[C@H]2[C@@H]3CCC4=CC(=O)CCC4=C3[C@@H](c3ccc(C(C)=O)cc3)C[C@@]21C. The van der Waals surface area contributed by atoms with E-state index in [1.165, 1.54) is 22.3 Å². The molecule has 0 aliphatic heterocycles. The van der Waals surface area contributed by atoms with E-state index in [2.05, 4.69) is 37.0 Å². The molecule has 0 spiro atoms. The maximum absolute atomic E-state index is 12.1. The third kappa shape index (κ3) is 3.00. The number of fused-ring (bicyclic) bond motifs is 4. The number of ketones is 2. The van der Waals surface area contributed by atoms with E-state index in [-0.39, 0.29) is 28.8 Å². The van der Waals surface area contributed by atoms with Gasteiger partial charge in [0.05, 0.1) is 0 Å². The number of hydrogen-bond donors (Lipinski definition) is 1. The van der Waals surface area contributed by atoms with Gasteiger partial charge in [-0.3, -0.25) is 9.59 Å². The standard InChI is InChI=1S/C29H30O3/c1-4-14-29(32)15-13-26-24-11-9-21-16-22(31)10-12-23(21)27(24)25(17-28(26,29)3)20-7-5-19(6-8-20)18(2)30/h5-8,13,15-16,24-26,32H,9-12,17H2,1-3H3/t24-,25+,26-,28-,29-/m0/s1. The zero-order chi connectivity index (χ0) is 22.7. The van der Waals surface area contributed by atoms with E-state index in [1.54, 1.807) is 13.8 Å². The normalized spacial score (nSPS) is 35.3.